The van der Waals surface area contributed by atoms with Gasteiger partial charge < -0.3 is 9.53 Å². The van der Waals surface area contributed by atoms with Crippen molar-refractivity contribution >= 4 is 12.3 Å². The number of carbonyl (C=O) groups excluding carboxylic acids is 2. The van der Waals surface area contributed by atoms with Gasteiger partial charge in [0.05, 0.1) is 13.0 Å². The van der Waals surface area contributed by atoms with Crippen molar-refractivity contribution in [1.29, 1.82) is 0 Å². The SMILES string of the molecule is CCCCCCCCCCCCOC(=O)CCC=O. The molecule has 0 spiro atoms. The van der Waals surface area contributed by atoms with Crippen LogP contribution in [0.1, 0.15) is 84.0 Å². The average molecular weight is 270 g/mol. The standard InChI is InChI=1S/C16H30O3/c1-2-3-4-5-6-7-8-9-10-11-15-19-16(18)13-12-14-17/h14H,2-13,15H2,1H3. The number of carbonyl (C=O) groups is 2. The molecule has 0 aliphatic carbocycles. The third-order valence-corrected chi connectivity index (χ3v) is 3.23. The van der Waals surface area contributed by atoms with Crippen LogP contribution in [0.5, 0.6) is 0 Å². The van der Waals surface area contributed by atoms with E-state index in [4.69, 9.17) is 4.74 Å². The fourth-order valence-electron chi connectivity index (χ4n) is 2.02. The fraction of sp³-hybridized carbons (Fsp3) is 0.875. The molecule has 0 aromatic rings. The maximum atomic E-state index is 11.1. The molecule has 0 N–H and O–H groups in total. The molecule has 112 valence electrons. The summed E-state index contributed by atoms with van der Waals surface area (Å²) in [5, 5.41) is 0. The lowest BCUT2D eigenvalue weighted by molar-refractivity contribution is -0.144. The van der Waals surface area contributed by atoms with Crippen LogP contribution in [0.2, 0.25) is 0 Å². The van der Waals surface area contributed by atoms with E-state index in [9.17, 15) is 9.59 Å². The van der Waals surface area contributed by atoms with Gasteiger partial charge in [-0.3, -0.25) is 4.79 Å². The zero-order valence-electron chi connectivity index (χ0n) is 12.5. The molecular weight excluding hydrogens is 240 g/mol. The second-order valence-electron chi connectivity index (χ2n) is 5.11. The highest BCUT2D eigenvalue weighted by Gasteiger charge is 2.01. The minimum atomic E-state index is -0.247. The number of ether oxygens (including phenoxy) is 1. The van der Waals surface area contributed by atoms with Crippen LogP contribution < -0.4 is 0 Å². The molecule has 0 amide bonds. The molecule has 3 heteroatoms. The Morgan fingerprint density at radius 1 is 0.895 bits per heavy atom. The Balaban J connectivity index is 3.06. The summed E-state index contributed by atoms with van der Waals surface area (Å²) in [7, 11) is 0. The van der Waals surface area contributed by atoms with Crippen molar-refractivity contribution in [2.24, 2.45) is 0 Å². The second kappa shape index (κ2) is 15.2. The van der Waals surface area contributed by atoms with Crippen LogP contribution >= 0.6 is 0 Å². The van der Waals surface area contributed by atoms with E-state index in [0.29, 0.717) is 6.61 Å². The molecule has 0 aromatic carbocycles. The number of aldehydes is 1. The van der Waals surface area contributed by atoms with Crippen molar-refractivity contribution in [3.05, 3.63) is 0 Å². The van der Waals surface area contributed by atoms with Crippen molar-refractivity contribution in [2.45, 2.75) is 84.0 Å². The molecule has 0 radical (unpaired) electrons. The van der Waals surface area contributed by atoms with E-state index in [1.807, 2.05) is 0 Å². The van der Waals surface area contributed by atoms with Crippen molar-refractivity contribution in [3.63, 3.8) is 0 Å². The first-order valence-electron chi connectivity index (χ1n) is 7.90. The predicted octanol–water partition coefficient (Wildman–Crippen LogP) is 4.43. The smallest absolute Gasteiger partial charge is 0.306 e. The van der Waals surface area contributed by atoms with Gasteiger partial charge in [0.1, 0.15) is 6.29 Å². The fourth-order valence-corrected chi connectivity index (χ4v) is 2.02. The molecule has 0 unspecified atom stereocenters. The molecule has 0 aromatic heterocycles. The first-order chi connectivity index (χ1) is 9.31. The van der Waals surface area contributed by atoms with Crippen molar-refractivity contribution < 1.29 is 14.3 Å². The van der Waals surface area contributed by atoms with Gasteiger partial charge >= 0.3 is 5.97 Å². The summed E-state index contributed by atoms with van der Waals surface area (Å²) in [6, 6.07) is 0. The lowest BCUT2D eigenvalue weighted by Crippen LogP contribution is -2.05. The van der Waals surface area contributed by atoms with Crippen LogP contribution in [0.15, 0.2) is 0 Å². The molecule has 0 bridgehead atoms. The number of unbranched alkanes of at least 4 members (excludes halogenated alkanes) is 9. The Morgan fingerprint density at radius 2 is 1.42 bits per heavy atom. The highest BCUT2D eigenvalue weighted by molar-refractivity contribution is 5.72. The second-order valence-corrected chi connectivity index (χ2v) is 5.11. The molecule has 0 atom stereocenters. The number of esters is 1. The average Bonchev–Trinajstić information content (AvgIpc) is 2.42. The Labute approximate surface area is 118 Å². The van der Waals surface area contributed by atoms with Gasteiger partial charge in [0, 0.05) is 6.42 Å². The van der Waals surface area contributed by atoms with E-state index in [1.54, 1.807) is 0 Å². The minimum absolute atomic E-state index is 0.223. The van der Waals surface area contributed by atoms with Crippen molar-refractivity contribution in [1.82, 2.24) is 0 Å². The maximum absolute atomic E-state index is 11.1. The first kappa shape index (κ1) is 18.1. The maximum Gasteiger partial charge on any atom is 0.306 e. The Bertz CT molecular complexity index is 214. The highest BCUT2D eigenvalue weighted by atomic mass is 16.5. The Hall–Kier alpha value is -0.860. The third-order valence-electron chi connectivity index (χ3n) is 3.23. The topological polar surface area (TPSA) is 43.4 Å². The van der Waals surface area contributed by atoms with E-state index in [1.165, 1.54) is 51.4 Å². The monoisotopic (exact) mass is 270 g/mol. The van der Waals surface area contributed by atoms with Gasteiger partial charge in [-0.1, -0.05) is 64.7 Å². The zero-order valence-corrected chi connectivity index (χ0v) is 12.5. The normalized spacial score (nSPS) is 10.4. The molecule has 19 heavy (non-hydrogen) atoms. The van der Waals surface area contributed by atoms with Gasteiger partial charge in [-0.05, 0) is 6.42 Å². The van der Waals surface area contributed by atoms with Crippen LogP contribution in [0.25, 0.3) is 0 Å². The summed E-state index contributed by atoms with van der Waals surface area (Å²) in [6.45, 7) is 2.75. The Kier molecular flexibility index (Phi) is 14.5. The zero-order chi connectivity index (χ0) is 14.2. The minimum Gasteiger partial charge on any atom is -0.466 e. The van der Waals surface area contributed by atoms with E-state index in [2.05, 4.69) is 6.92 Å². The van der Waals surface area contributed by atoms with Crippen LogP contribution in [0, 0.1) is 0 Å². The molecule has 0 aliphatic heterocycles. The molecular formula is C16H30O3. The molecule has 0 aliphatic rings. The lowest BCUT2D eigenvalue weighted by atomic mass is 10.1. The van der Waals surface area contributed by atoms with Gasteiger partial charge in [0.25, 0.3) is 0 Å². The summed E-state index contributed by atoms with van der Waals surface area (Å²) >= 11 is 0. The highest BCUT2D eigenvalue weighted by Crippen LogP contribution is 2.10. The van der Waals surface area contributed by atoms with Crippen LogP contribution in [0.4, 0.5) is 0 Å². The number of hydrogen-bond donors (Lipinski definition) is 0. The summed E-state index contributed by atoms with van der Waals surface area (Å²) in [5.74, 6) is -0.247. The van der Waals surface area contributed by atoms with E-state index < -0.39 is 0 Å². The van der Waals surface area contributed by atoms with E-state index in [0.717, 1.165) is 19.1 Å². The quantitative estimate of drug-likeness (QED) is 0.266. The van der Waals surface area contributed by atoms with Crippen LogP contribution in [-0.2, 0) is 14.3 Å². The van der Waals surface area contributed by atoms with Crippen LogP contribution in [0.3, 0.4) is 0 Å². The van der Waals surface area contributed by atoms with Crippen molar-refractivity contribution in [3.8, 4) is 0 Å². The summed E-state index contributed by atoms with van der Waals surface area (Å²) < 4.78 is 5.02. The van der Waals surface area contributed by atoms with Crippen LogP contribution in [-0.4, -0.2) is 18.9 Å². The van der Waals surface area contributed by atoms with Crippen molar-refractivity contribution in [2.75, 3.05) is 6.61 Å². The van der Waals surface area contributed by atoms with Gasteiger partial charge in [-0.15, -0.1) is 0 Å². The lowest BCUT2D eigenvalue weighted by Gasteiger charge is -2.04. The predicted molar refractivity (Wildman–Crippen MR) is 78.1 cm³/mol. The molecule has 3 nitrogen and oxygen atoms in total. The Morgan fingerprint density at radius 3 is 1.95 bits per heavy atom. The molecule has 0 heterocycles. The summed E-state index contributed by atoms with van der Waals surface area (Å²) in [5.41, 5.74) is 0. The van der Waals surface area contributed by atoms with Gasteiger partial charge in [-0.2, -0.15) is 0 Å². The first-order valence-corrected chi connectivity index (χ1v) is 7.90. The molecule has 0 fully saturated rings. The molecule has 0 saturated heterocycles. The number of rotatable bonds is 14. The number of hydrogen-bond acceptors (Lipinski definition) is 3. The molecule has 0 rings (SSSR count). The van der Waals surface area contributed by atoms with Gasteiger partial charge in [-0.25, -0.2) is 0 Å². The summed E-state index contributed by atoms with van der Waals surface area (Å²) in [4.78, 5) is 21.1. The van der Waals surface area contributed by atoms with Gasteiger partial charge in [0.15, 0.2) is 0 Å². The third kappa shape index (κ3) is 15.1. The largest absolute Gasteiger partial charge is 0.466 e. The van der Waals surface area contributed by atoms with E-state index >= 15 is 0 Å². The molecule has 0 saturated carbocycles. The van der Waals surface area contributed by atoms with Gasteiger partial charge in [0.2, 0.25) is 0 Å². The van der Waals surface area contributed by atoms with E-state index in [-0.39, 0.29) is 18.8 Å². The summed E-state index contributed by atoms with van der Waals surface area (Å²) in [6.07, 6.45) is 14.0.